The molecule has 2 nitrogen and oxygen atoms in total. The molecule has 1 unspecified atom stereocenters. The Morgan fingerprint density at radius 3 is 2.30 bits per heavy atom. The Labute approximate surface area is 123 Å². The van der Waals surface area contributed by atoms with Crippen LogP contribution in [0.5, 0.6) is 11.5 Å². The van der Waals surface area contributed by atoms with E-state index in [-0.39, 0.29) is 0 Å². The van der Waals surface area contributed by atoms with Crippen molar-refractivity contribution < 1.29 is 9.47 Å². The molecule has 0 saturated carbocycles. The van der Waals surface area contributed by atoms with Crippen LogP contribution in [-0.2, 0) is 0 Å². The van der Waals surface area contributed by atoms with Gasteiger partial charge in [0.15, 0.2) is 11.5 Å². The van der Waals surface area contributed by atoms with E-state index >= 15 is 0 Å². The predicted octanol–water partition coefficient (Wildman–Crippen LogP) is 5.31. The van der Waals surface area contributed by atoms with Gasteiger partial charge in [0.25, 0.3) is 0 Å². The largest absolute Gasteiger partial charge is 0.490 e. The second-order valence-electron chi connectivity index (χ2n) is 5.71. The van der Waals surface area contributed by atoms with Gasteiger partial charge in [-0.2, -0.15) is 0 Å². The Morgan fingerprint density at radius 1 is 0.950 bits per heavy atom. The summed E-state index contributed by atoms with van der Waals surface area (Å²) in [5.74, 6) is 2.50. The summed E-state index contributed by atoms with van der Waals surface area (Å²) in [6.45, 7) is 6.14. The molecule has 0 spiro atoms. The smallest absolute Gasteiger partial charge is 0.161 e. The normalized spacial score (nSPS) is 17.5. The van der Waals surface area contributed by atoms with Gasteiger partial charge in [-0.3, -0.25) is 0 Å². The SMILES string of the molecule is CCCC(CC)c1ccc2c(c1)OCCCCCCO2. The standard InChI is InChI=1S/C18H28O2/c1-3-9-15(4-2)16-10-11-17-18(14-16)20-13-8-6-5-7-12-19-17/h10-11,14-15H,3-9,12-13H2,1-2H3. The molecule has 1 atom stereocenters. The van der Waals surface area contributed by atoms with Gasteiger partial charge in [-0.15, -0.1) is 0 Å². The minimum Gasteiger partial charge on any atom is -0.490 e. The Bertz CT molecular complexity index is 400. The van der Waals surface area contributed by atoms with Crippen molar-refractivity contribution in [2.75, 3.05) is 13.2 Å². The van der Waals surface area contributed by atoms with Gasteiger partial charge in [0.2, 0.25) is 0 Å². The fraction of sp³-hybridized carbons (Fsp3) is 0.667. The third kappa shape index (κ3) is 4.16. The summed E-state index contributed by atoms with van der Waals surface area (Å²) in [5.41, 5.74) is 1.40. The minimum atomic E-state index is 0.643. The van der Waals surface area contributed by atoms with Crippen molar-refractivity contribution in [2.24, 2.45) is 0 Å². The molecule has 112 valence electrons. The lowest BCUT2D eigenvalue weighted by atomic mass is 9.92. The first-order valence-electron chi connectivity index (χ1n) is 8.24. The molecule has 1 aliphatic rings. The van der Waals surface area contributed by atoms with E-state index < -0.39 is 0 Å². The molecule has 1 heterocycles. The Balaban J connectivity index is 2.17. The van der Waals surface area contributed by atoms with Gasteiger partial charge in [-0.1, -0.05) is 26.3 Å². The highest BCUT2D eigenvalue weighted by molar-refractivity contribution is 5.44. The molecule has 0 N–H and O–H groups in total. The van der Waals surface area contributed by atoms with E-state index in [9.17, 15) is 0 Å². The van der Waals surface area contributed by atoms with Crippen LogP contribution in [0.15, 0.2) is 18.2 Å². The molecule has 0 aliphatic carbocycles. The van der Waals surface area contributed by atoms with Crippen molar-refractivity contribution in [3.8, 4) is 11.5 Å². The molecule has 0 fully saturated rings. The molecule has 1 aromatic rings. The third-order valence-corrected chi connectivity index (χ3v) is 4.12. The quantitative estimate of drug-likeness (QED) is 0.741. The van der Waals surface area contributed by atoms with Crippen molar-refractivity contribution >= 4 is 0 Å². The molecular formula is C18H28O2. The first-order chi connectivity index (χ1) is 9.85. The van der Waals surface area contributed by atoms with Crippen molar-refractivity contribution in [3.63, 3.8) is 0 Å². The summed E-state index contributed by atoms with van der Waals surface area (Å²) < 4.78 is 11.8. The van der Waals surface area contributed by atoms with E-state index in [1.54, 1.807) is 0 Å². The second kappa shape index (κ2) is 8.18. The molecule has 1 aliphatic heterocycles. The zero-order chi connectivity index (χ0) is 14.2. The highest BCUT2D eigenvalue weighted by Gasteiger charge is 2.13. The monoisotopic (exact) mass is 276 g/mol. The van der Waals surface area contributed by atoms with E-state index in [0.717, 1.165) is 37.6 Å². The van der Waals surface area contributed by atoms with E-state index in [1.165, 1.54) is 37.7 Å². The molecule has 2 rings (SSSR count). The van der Waals surface area contributed by atoms with Crippen LogP contribution in [0.1, 0.15) is 70.3 Å². The van der Waals surface area contributed by atoms with Crippen LogP contribution in [-0.4, -0.2) is 13.2 Å². The molecule has 2 heteroatoms. The van der Waals surface area contributed by atoms with Crippen molar-refractivity contribution in [2.45, 2.75) is 64.7 Å². The topological polar surface area (TPSA) is 18.5 Å². The molecule has 20 heavy (non-hydrogen) atoms. The van der Waals surface area contributed by atoms with Gasteiger partial charge in [0, 0.05) is 0 Å². The molecule has 1 aromatic carbocycles. The Kier molecular flexibility index (Phi) is 6.23. The van der Waals surface area contributed by atoms with Crippen LogP contribution in [0.2, 0.25) is 0 Å². The zero-order valence-electron chi connectivity index (χ0n) is 13.0. The van der Waals surface area contributed by atoms with Crippen molar-refractivity contribution in [3.05, 3.63) is 23.8 Å². The summed E-state index contributed by atoms with van der Waals surface area (Å²) in [5, 5.41) is 0. The fourth-order valence-electron chi connectivity index (χ4n) is 2.89. The second-order valence-corrected chi connectivity index (χ2v) is 5.71. The lowest BCUT2D eigenvalue weighted by molar-refractivity contribution is 0.244. The average molecular weight is 276 g/mol. The van der Waals surface area contributed by atoms with Crippen LogP contribution in [0.25, 0.3) is 0 Å². The summed E-state index contributed by atoms with van der Waals surface area (Å²) in [6, 6.07) is 6.53. The molecule has 0 bridgehead atoms. The molecular weight excluding hydrogens is 248 g/mol. The first-order valence-corrected chi connectivity index (χ1v) is 8.24. The highest BCUT2D eigenvalue weighted by Crippen LogP contribution is 2.34. The van der Waals surface area contributed by atoms with Crippen LogP contribution in [0.3, 0.4) is 0 Å². The third-order valence-electron chi connectivity index (χ3n) is 4.12. The molecule has 0 radical (unpaired) electrons. The Hall–Kier alpha value is -1.18. The lowest BCUT2D eigenvalue weighted by Gasteiger charge is -2.19. The number of hydrogen-bond acceptors (Lipinski definition) is 2. The number of fused-ring (bicyclic) bond motifs is 1. The van der Waals surface area contributed by atoms with Gasteiger partial charge in [-0.05, 0) is 62.1 Å². The molecule has 0 aromatic heterocycles. The van der Waals surface area contributed by atoms with Gasteiger partial charge >= 0.3 is 0 Å². The van der Waals surface area contributed by atoms with E-state index in [1.807, 2.05) is 0 Å². The number of hydrogen-bond donors (Lipinski definition) is 0. The van der Waals surface area contributed by atoms with Gasteiger partial charge in [0.1, 0.15) is 0 Å². The summed E-state index contributed by atoms with van der Waals surface area (Å²) in [6.07, 6.45) is 8.44. The van der Waals surface area contributed by atoms with E-state index in [0.29, 0.717) is 5.92 Å². The minimum absolute atomic E-state index is 0.643. The van der Waals surface area contributed by atoms with Crippen LogP contribution >= 0.6 is 0 Å². The van der Waals surface area contributed by atoms with Crippen molar-refractivity contribution in [1.29, 1.82) is 0 Å². The fourth-order valence-corrected chi connectivity index (χ4v) is 2.89. The maximum Gasteiger partial charge on any atom is 0.161 e. The zero-order valence-corrected chi connectivity index (χ0v) is 13.0. The van der Waals surface area contributed by atoms with Crippen LogP contribution < -0.4 is 9.47 Å². The highest BCUT2D eigenvalue weighted by atomic mass is 16.5. The molecule has 0 amide bonds. The number of ether oxygens (including phenoxy) is 2. The maximum absolute atomic E-state index is 5.95. The van der Waals surface area contributed by atoms with Crippen LogP contribution in [0, 0.1) is 0 Å². The van der Waals surface area contributed by atoms with Crippen molar-refractivity contribution in [1.82, 2.24) is 0 Å². The predicted molar refractivity (Wildman–Crippen MR) is 83.8 cm³/mol. The molecule has 0 saturated heterocycles. The maximum atomic E-state index is 5.95. The van der Waals surface area contributed by atoms with Gasteiger partial charge in [0.05, 0.1) is 13.2 Å². The van der Waals surface area contributed by atoms with Gasteiger partial charge in [-0.25, -0.2) is 0 Å². The average Bonchev–Trinajstić information content (AvgIpc) is 2.49. The summed E-state index contributed by atoms with van der Waals surface area (Å²) in [4.78, 5) is 0. The Morgan fingerprint density at radius 2 is 1.65 bits per heavy atom. The summed E-state index contributed by atoms with van der Waals surface area (Å²) in [7, 11) is 0. The number of benzene rings is 1. The van der Waals surface area contributed by atoms with E-state index in [2.05, 4.69) is 32.0 Å². The van der Waals surface area contributed by atoms with E-state index in [4.69, 9.17) is 9.47 Å². The van der Waals surface area contributed by atoms with Crippen LogP contribution in [0.4, 0.5) is 0 Å². The van der Waals surface area contributed by atoms with Gasteiger partial charge < -0.3 is 9.47 Å². The number of rotatable bonds is 4. The first kappa shape index (κ1) is 15.2. The summed E-state index contributed by atoms with van der Waals surface area (Å²) >= 11 is 0. The lowest BCUT2D eigenvalue weighted by Crippen LogP contribution is -2.06.